The number of nitrogens with zero attached hydrogens (tertiary/aromatic N) is 2. The number of aromatic nitrogens is 2. The molecule has 0 saturated heterocycles. The number of methoxy groups -OCH3 is 1. The van der Waals surface area contributed by atoms with E-state index in [0.29, 0.717) is 23.6 Å². The summed E-state index contributed by atoms with van der Waals surface area (Å²) in [5, 5.41) is 2.97. The summed E-state index contributed by atoms with van der Waals surface area (Å²) in [6.45, 7) is 0.469. The fourth-order valence-electron chi connectivity index (χ4n) is 3.16. The van der Waals surface area contributed by atoms with Gasteiger partial charge in [-0.2, -0.15) is 0 Å². The van der Waals surface area contributed by atoms with Crippen LogP contribution >= 0.6 is 11.8 Å². The fraction of sp³-hybridized carbons (Fsp3) is 0.115. The third-order valence-electron chi connectivity index (χ3n) is 4.95. The van der Waals surface area contributed by atoms with Crippen molar-refractivity contribution in [3.8, 4) is 28.6 Å². The zero-order valence-corrected chi connectivity index (χ0v) is 19.1. The molecule has 7 heteroatoms. The average Bonchev–Trinajstić information content (AvgIpc) is 2.88. The van der Waals surface area contributed by atoms with Gasteiger partial charge in [0.2, 0.25) is 0 Å². The summed E-state index contributed by atoms with van der Waals surface area (Å²) >= 11 is 1.69. The number of nitrogens with one attached hydrogen (secondary N) is 1. The van der Waals surface area contributed by atoms with Gasteiger partial charge in [-0.1, -0.05) is 30.3 Å². The molecule has 0 radical (unpaired) electrons. The molecule has 1 amide bonds. The van der Waals surface area contributed by atoms with Crippen LogP contribution in [-0.4, -0.2) is 29.2 Å². The van der Waals surface area contributed by atoms with Crippen LogP contribution in [0, 0.1) is 0 Å². The molecule has 6 nitrogen and oxygen atoms in total. The quantitative estimate of drug-likeness (QED) is 0.347. The Kier molecular flexibility index (Phi) is 7.22. The van der Waals surface area contributed by atoms with E-state index in [2.05, 4.69) is 27.4 Å². The van der Waals surface area contributed by atoms with Crippen molar-refractivity contribution >= 4 is 17.7 Å². The fourth-order valence-corrected chi connectivity index (χ4v) is 3.56. The second-order valence-electron chi connectivity index (χ2n) is 7.15. The van der Waals surface area contributed by atoms with Gasteiger partial charge in [-0.25, -0.2) is 9.97 Å². The van der Waals surface area contributed by atoms with Gasteiger partial charge in [-0.3, -0.25) is 4.79 Å². The Bertz CT molecular complexity index is 1230. The van der Waals surface area contributed by atoms with E-state index in [0.717, 1.165) is 16.7 Å². The van der Waals surface area contributed by atoms with E-state index >= 15 is 0 Å². The van der Waals surface area contributed by atoms with Crippen LogP contribution in [0.15, 0.2) is 90.1 Å². The maximum absolute atomic E-state index is 12.7. The molecule has 1 heterocycles. The predicted octanol–water partition coefficient (Wildman–Crippen LogP) is 5.60. The van der Waals surface area contributed by atoms with Crippen LogP contribution in [0.3, 0.4) is 0 Å². The smallest absolute Gasteiger partial charge is 0.321 e. The second-order valence-corrected chi connectivity index (χ2v) is 8.03. The van der Waals surface area contributed by atoms with Crippen LogP contribution in [0.1, 0.15) is 15.9 Å². The van der Waals surface area contributed by atoms with Crippen LogP contribution in [0.4, 0.5) is 0 Å². The van der Waals surface area contributed by atoms with Gasteiger partial charge in [0, 0.05) is 41.0 Å². The molecule has 0 saturated carbocycles. The lowest BCUT2D eigenvalue weighted by Gasteiger charge is -2.09. The van der Waals surface area contributed by atoms with E-state index in [-0.39, 0.29) is 11.9 Å². The van der Waals surface area contributed by atoms with Gasteiger partial charge in [0.15, 0.2) is 0 Å². The van der Waals surface area contributed by atoms with Crippen molar-refractivity contribution in [1.82, 2.24) is 15.3 Å². The lowest BCUT2D eigenvalue weighted by atomic mass is 10.1. The summed E-state index contributed by atoms with van der Waals surface area (Å²) in [6.07, 6.45) is 5.38. The SMILES string of the molecule is COc1cccc(Oc2ncc(-c3cccc(C(=O)NCc4ccc(SC)cc4)c3)cn2)c1. The van der Waals surface area contributed by atoms with Crippen molar-refractivity contribution in [1.29, 1.82) is 0 Å². The van der Waals surface area contributed by atoms with Crippen LogP contribution in [0.5, 0.6) is 17.5 Å². The summed E-state index contributed by atoms with van der Waals surface area (Å²) < 4.78 is 10.9. The number of carbonyl (C=O) groups excluding carboxylic acids is 1. The molecule has 4 aromatic rings. The summed E-state index contributed by atoms with van der Waals surface area (Å²) in [6, 6.07) is 23.0. The molecule has 166 valence electrons. The van der Waals surface area contributed by atoms with Crippen molar-refractivity contribution in [3.63, 3.8) is 0 Å². The van der Waals surface area contributed by atoms with Crippen LogP contribution in [0.25, 0.3) is 11.1 Å². The van der Waals surface area contributed by atoms with Crippen molar-refractivity contribution in [3.05, 3.63) is 96.3 Å². The van der Waals surface area contributed by atoms with Gasteiger partial charge >= 0.3 is 6.01 Å². The van der Waals surface area contributed by atoms with E-state index in [1.807, 2.05) is 48.7 Å². The molecule has 0 fully saturated rings. The minimum Gasteiger partial charge on any atom is -0.497 e. The maximum atomic E-state index is 12.7. The summed E-state index contributed by atoms with van der Waals surface area (Å²) in [5.74, 6) is 1.14. The zero-order chi connectivity index (χ0) is 23.0. The Hall–Kier alpha value is -3.84. The first-order chi connectivity index (χ1) is 16.1. The number of hydrogen-bond acceptors (Lipinski definition) is 6. The molecule has 1 aromatic heterocycles. The summed E-state index contributed by atoms with van der Waals surface area (Å²) in [5.41, 5.74) is 3.26. The predicted molar refractivity (Wildman–Crippen MR) is 130 cm³/mol. The van der Waals surface area contributed by atoms with Crippen LogP contribution in [0.2, 0.25) is 0 Å². The van der Waals surface area contributed by atoms with E-state index < -0.39 is 0 Å². The third-order valence-corrected chi connectivity index (χ3v) is 5.69. The van der Waals surface area contributed by atoms with Crippen molar-refractivity contribution < 1.29 is 14.3 Å². The lowest BCUT2D eigenvalue weighted by Crippen LogP contribution is -2.22. The normalized spacial score (nSPS) is 10.5. The van der Waals surface area contributed by atoms with E-state index in [4.69, 9.17) is 9.47 Å². The molecule has 4 rings (SSSR count). The van der Waals surface area contributed by atoms with Gasteiger partial charge in [0.25, 0.3) is 5.91 Å². The highest BCUT2D eigenvalue weighted by molar-refractivity contribution is 7.98. The first-order valence-electron chi connectivity index (χ1n) is 10.3. The Morgan fingerprint density at radius 1 is 0.909 bits per heavy atom. The number of ether oxygens (including phenoxy) is 2. The largest absolute Gasteiger partial charge is 0.497 e. The molecule has 0 unspecified atom stereocenters. The molecule has 0 bridgehead atoms. The van der Waals surface area contributed by atoms with E-state index in [1.165, 1.54) is 4.90 Å². The van der Waals surface area contributed by atoms with Crippen molar-refractivity contribution in [2.75, 3.05) is 13.4 Å². The first kappa shape index (κ1) is 22.4. The van der Waals surface area contributed by atoms with Crippen LogP contribution in [-0.2, 0) is 6.54 Å². The highest BCUT2D eigenvalue weighted by Crippen LogP contribution is 2.25. The topological polar surface area (TPSA) is 73.3 Å². The third kappa shape index (κ3) is 5.90. The average molecular weight is 458 g/mol. The van der Waals surface area contributed by atoms with Gasteiger partial charge in [-0.05, 0) is 53.8 Å². The summed E-state index contributed by atoms with van der Waals surface area (Å²) in [4.78, 5) is 22.4. The molecule has 33 heavy (non-hydrogen) atoms. The number of carbonyl (C=O) groups is 1. The molecular formula is C26H23N3O3S. The lowest BCUT2D eigenvalue weighted by molar-refractivity contribution is 0.0951. The molecule has 1 N–H and O–H groups in total. The molecule has 0 aliphatic rings. The van der Waals surface area contributed by atoms with Gasteiger partial charge in [0.1, 0.15) is 11.5 Å². The Labute approximate surface area is 197 Å². The van der Waals surface area contributed by atoms with E-state index in [9.17, 15) is 4.79 Å². The van der Waals surface area contributed by atoms with Gasteiger partial charge in [-0.15, -0.1) is 11.8 Å². The molecule has 0 aliphatic heterocycles. The Balaban J connectivity index is 1.41. The van der Waals surface area contributed by atoms with Gasteiger partial charge in [0.05, 0.1) is 7.11 Å². The minimum atomic E-state index is -0.135. The highest BCUT2D eigenvalue weighted by Gasteiger charge is 2.09. The highest BCUT2D eigenvalue weighted by atomic mass is 32.2. The number of rotatable bonds is 8. The summed E-state index contributed by atoms with van der Waals surface area (Å²) in [7, 11) is 1.60. The molecule has 0 aliphatic carbocycles. The monoisotopic (exact) mass is 457 g/mol. The van der Waals surface area contributed by atoms with Crippen molar-refractivity contribution in [2.45, 2.75) is 11.4 Å². The Morgan fingerprint density at radius 2 is 1.64 bits per heavy atom. The molecule has 0 spiro atoms. The maximum Gasteiger partial charge on any atom is 0.321 e. The minimum absolute atomic E-state index is 0.135. The standard InChI is InChI=1S/C26H23N3O3S/c1-31-22-7-4-8-23(14-22)32-26-28-16-21(17-29-26)19-5-3-6-20(13-19)25(30)27-15-18-9-11-24(33-2)12-10-18/h3-14,16-17H,15H2,1-2H3,(H,27,30). The molecule has 3 aromatic carbocycles. The molecule has 0 atom stereocenters. The zero-order valence-electron chi connectivity index (χ0n) is 18.3. The first-order valence-corrected chi connectivity index (χ1v) is 11.5. The van der Waals surface area contributed by atoms with Crippen LogP contribution < -0.4 is 14.8 Å². The number of amides is 1. The molecular weight excluding hydrogens is 434 g/mol. The number of hydrogen-bond donors (Lipinski definition) is 1. The van der Waals surface area contributed by atoms with Gasteiger partial charge < -0.3 is 14.8 Å². The van der Waals surface area contributed by atoms with Crippen molar-refractivity contribution in [2.24, 2.45) is 0 Å². The Morgan fingerprint density at radius 3 is 2.36 bits per heavy atom. The van der Waals surface area contributed by atoms with E-state index in [1.54, 1.807) is 49.5 Å². The second kappa shape index (κ2) is 10.7. The number of thioether (sulfide) groups is 1. The number of benzene rings is 3.